The van der Waals surface area contributed by atoms with Crippen LogP contribution in [0.25, 0.3) is 0 Å². The van der Waals surface area contributed by atoms with Crippen molar-refractivity contribution in [2.24, 2.45) is 5.92 Å². The van der Waals surface area contributed by atoms with Gasteiger partial charge < -0.3 is 15.8 Å². The number of nitrogens with one attached hydrogen (secondary N) is 1. The van der Waals surface area contributed by atoms with Crippen LogP contribution in [0.1, 0.15) is 51.9 Å². The molecule has 1 aromatic rings. The number of anilines is 2. The second-order valence-electron chi connectivity index (χ2n) is 5.82. The molecule has 3 heteroatoms. The van der Waals surface area contributed by atoms with E-state index in [-0.39, 0.29) is 0 Å². The molecule has 0 unspecified atom stereocenters. The van der Waals surface area contributed by atoms with Crippen LogP contribution in [0, 0.1) is 5.92 Å². The van der Waals surface area contributed by atoms with Crippen LogP contribution in [0.15, 0.2) is 18.2 Å². The van der Waals surface area contributed by atoms with E-state index in [1.165, 1.54) is 38.5 Å². The number of ether oxygens (including phenoxy) is 1. The van der Waals surface area contributed by atoms with Gasteiger partial charge in [0.05, 0.1) is 12.3 Å². The molecule has 0 atom stereocenters. The second kappa shape index (κ2) is 8.03. The van der Waals surface area contributed by atoms with Gasteiger partial charge in [-0.25, -0.2) is 0 Å². The van der Waals surface area contributed by atoms with Gasteiger partial charge in [-0.05, 0) is 30.9 Å². The first-order chi connectivity index (χ1) is 9.79. The van der Waals surface area contributed by atoms with Gasteiger partial charge in [-0.1, -0.05) is 39.0 Å². The van der Waals surface area contributed by atoms with E-state index in [2.05, 4.69) is 12.2 Å². The van der Waals surface area contributed by atoms with Crippen LogP contribution in [-0.2, 0) is 0 Å². The van der Waals surface area contributed by atoms with Gasteiger partial charge in [-0.3, -0.25) is 0 Å². The van der Waals surface area contributed by atoms with Crippen LogP contribution in [0.5, 0.6) is 5.75 Å². The van der Waals surface area contributed by atoms with Gasteiger partial charge in [-0.2, -0.15) is 0 Å². The van der Waals surface area contributed by atoms with Crippen molar-refractivity contribution in [3.63, 3.8) is 0 Å². The SMILES string of the molecule is CCCOc1cc(NCCC2CCCCC2)ccc1N. The normalized spacial score (nSPS) is 16.1. The van der Waals surface area contributed by atoms with Crippen LogP contribution in [0.4, 0.5) is 11.4 Å². The topological polar surface area (TPSA) is 47.3 Å². The van der Waals surface area contributed by atoms with Gasteiger partial charge in [-0.15, -0.1) is 0 Å². The van der Waals surface area contributed by atoms with Gasteiger partial charge in [0.15, 0.2) is 0 Å². The molecule has 20 heavy (non-hydrogen) atoms. The van der Waals surface area contributed by atoms with E-state index in [0.717, 1.165) is 42.6 Å². The van der Waals surface area contributed by atoms with Crippen molar-refractivity contribution < 1.29 is 4.74 Å². The third kappa shape index (κ3) is 4.62. The maximum absolute atomic E-state index is 5.92. The third-order valence-electron chi connectivity index (χ3n) is 4.08. The molecule has 1 fully saturated rings. The lowest BCUT2D eigenvalue weighted by molar-refractivity contribution is 0.319. The minimum Gasteiger partial charge on any atom is -0.491 e. The number of nitrogens with two attached hydrogens (primary N) is 1. The van der Waals surface area contributed by atoms with Crippen LogP contribution in [0.2, 0.25) is 0 Å². The monoisotopic (exact) mass is 276 g/mol. The zero-order chi connectivity index (χ0) is 14.2. The molecule has 1 aromatic carbocycles. The summed E-state index contributed by atoms with van der Waals surface area (Å²) in [7, 11) is 0. The Kier molecular flexibility index (Phi) is 6.03. The van der Waals surface area contributed by atoms with Crippen molar-refractivity contribution in [3.8, 4) is 5.75 Å². The summed E-state index contributed by atoms with van der Waals surface area (Å²) in [4.78, 5) is 0. The van der Waals surface area contributed by atoms with Gasteiger partial charge in [0.1, 0.15) is 5.75 Å². The predicted octanol–water partition coefficient (Wildman–Crippen LogP) is 4.44. The Balaban J connectivity index is 1.79. The maximum Gasteiger partial charge on any atom is 0.144 e. The molecule has 112 valence electrons. The van der Waals surface area contributed by atoms with E-state index in [4.69, 9.17) is 10.5 Å². The molecule has 0 bridgehead atoms. The smallest absolute Gasteiger partial charge is 0.144 e. The Labute approximate surface area is 122 Å². The summed E-state index contributed by atoms with van der Waals surface area (Å²) in [6.07, 6.45) is 9.36. The lowest BCUT2D eigenvalue weighted by Gasteiger charge is -2.21. The molecule has 2 rings (SSSR count). The second-order valence-corrected chi connectivity index (χ2v) is 5.82. The first kappa shape index (κ1) is 15.0. The highest BCUT2D eigenvalue weighted by Crippen LogP contribution is 2.28. The molecule has 1 aliphatic rings. The molecule has 3 nitrogen and oxygen atoms in total. The van der Waals surface area contributed by atoms with Crippen molar-refractivity contribution >= 4 is 11.4 Å². The molecule has 3 N–H and O–H groups in total. The highest BCUT2D eigenvalue weighted by Gasteiger charge is 2.12. The lowest BCUT2D eigenvalue weighted by Crippen LogP contribution is -2.12. The van der Waals surface area contributed by atoms with E-state index >= 15 is 0 Å². The van der Waals surface area contributed by atoms with Crippen molar-refractivity contribution in [2.75, 3.05) is 24.2 Å². The Bertz CT molecular complexity index is 400. The van der Waals surface area contributed by atoms with Crippen molar-refractivity contribution in [3.05, 3.63) is 18.2 Å². The van der Waals surface area contributed by atoms with Crippen LogP contribution in [0.3, 0.4) is 0 Å². The highest BCUT2D eigenvalue weighted by atomic mass is 16.5. The van der Waals surface area contributed by atoms with E-state index in [9.17, 15) is 0 Å². The number of rotatable bonds is 7. The average Bonchev–Trinajstić information content (AvgIpc) is 2.49. The Morgan fingerprint density at radius 1 is 1.25 bits per heavy atom. The van der Waals surface area contributed by atoms with Crippen LogP contribution in [-0.4, -0.2) is 13.2 Å². The molecular formula is C17H28N2O. The van der Waals surface area contributed by atoms with Crippen molar-refractivity contribution in [1.82, 2.24) is 0 Å². The Hall–Kier alpha value is -1.38. The van der Waals surface area contributed by atoms with Crippen LogP contribution >= 0.6 is 0 Å². The summed E-state index contributed by atoms with van der Waals surface area (Å²) in [5.41, 5.74) is 7.75. The fourth-order valence-corrected chi connectivity index (χ4v) is 2.88. The molecule has 1 saturated carbocycles. The summed E-state index contributed by atoms with van der Waals surface area (Å²) in [6, 6.07) is 5.98. The van der Waals surface area contributed by atoms with Crippen molar-refractivity contribution in [2.45, 2.75) is 51.9 Å². The molecule has 0 saturated heterocycles. The Morgan fingerprint density at radius 3 is 2.80 bits per heavy atom. The molecule has 0 aromatic heterocycles. The molecule has 1 aliphatic carbocycles. The van der Waals surface area contributed by atoms with Gasteiger partial charge in [0, 0.05) is 18.3 Å². The molecule has 0 aliphatic heterocycles. The van der Waals surface area contributed by atoms with E-state index < -0.39 is 0 Å². The number of nitrogen functional groups attached to an aromatic ring is 1. The molecule has 0 radical (unpaired) electrons. The first-order valence-electron chi connectivity index (χ1n) is 8.05. The summed E-state index contributed by atoms with van der Waals surface area (Å²) in [5, 5.41) is 3.50. The largest absolute Gasteiger partial charge is 0.491 e. The summed E-state index contributed by atoms with van der Waals surface area (Å²) >= 11 is 0. The number of benzene rings is 1. The van der Waals surface area contributed by atoms with E-state index in [1.807, 2.05) is 18.2 Å². The highest BCUT2D eigenvalue weighted by molar-refractivity contribution is 5.61. The average molecular weight is 276 g/mol. The molecular weight excluding hydrogens is 248 g/mol. The minimum absolute atomic E-state index is 0.718. The fourth-order valence-electron chi connectivity index (χ4n) is 2.88. The quantitative estimate of drug-likeness (QED) is 0.724. The van der Waals surface area contributed by atoms with Crippen molar-refractivity contribution in [1.29, 1.82) is 0 Å². The van der Waals surface area contributed by atoms with Gasteiger partial charge in [0.25, 0.3) is 0 Å². The van der Waals surface area contributed by atoms with Gasteiger partial charge in [0.2, 0.25) is 0 Å². The van der Waals surface area contributed by atoms with Crippen LogP contribution < -0.4 is 15.8 Å². The summed E-state index contributed by atoms with van der Waals surface area (Å²) in [6.45, 7) is 3.86. The van der Waals surface area contributed by atoms with E-state index in [1.54, 1.807) is 0 Å². The van der Waals surface area contributed by atoms with E-state index in [0.29, 0.717) is 0 Å². The standard InChI is InChI=1S/C17H28N2O/c1-2-12-20-17-13-15(8-9-16(17)18)19-11-10-14-6-4-3-5-7-14/h8-9,13-14,19H,2-7,10-12,18H2,1H3. The third-order valence-corrected chi connectivity index (χ3v) is 4.08. The maximum atomic E-state index is 5.92. The first-order valence-corrected chi connectivity index (χ1v) is 8.05. The predicted molar refractivity (Wildman–Crippen MR) is 86.3 cm³/mol. The molecule has 0 heterocycles. The molecule has 0 spiro atoms. The minimum atomic E-state index is 0.718. The fraction of sp³-hybridized carbons (Fsp3) is 0.647. The number of hydrogen-bond acceptors (Lipinski definition) is 3. The lowest BCUT2D eigenvalue weighted by atomic mass is 9.87. The zero-order valence-electron chi connectivity index (χ0n) is 12.7. The van der Waals surface area contributed by atoms with Gasteiger partial charge >= 0.3 is 0 Å². The number of hydrogen-bond donors (Lipinski definition) is 2. The summed E-state index contributed by atoms with van der Waals surface area (Å²) < 4.78 is 5.66. The Morgan fingerprint density at radius 2 is 2.05 bits per heavy atom. The molecule has 0 amide bonds. The zero-order valence-corrected chi connectivity index (χ0v) is 12.7. The summed E-state index contributed by atoms with van der Waals surface area (Å²) in [5.74, 6) is 1.72.